The van der Waals surface area contributed by atoms with Gasteiger partial charge in [-0.1, -0.05) is 20.8 Å². The van der Waals surface area contributed by atoms with Crippen molar-refractivity contribution in [1.29, 1.82) is 0 Å². The molecule has 2 nitrogen and oxygen atoms in total. The zero-order valence-corrected chi connectivity index (χ0v) is 7.76. The Kier molecular flexibility index (Phi) is 4.92. The molecule has 0 spiro atoms. The highest BCUT2D eigenvalue weighted by atomic mass is 16.2. The summed E-state index contributed by atoms with van der Waals surface area (Å²) in [7, 11) is 0. The molecule has 0 aliphatic rings. The van der Waals surface area contributed by atoms with Crippen molar-refractivity contribution in [3.05, 3.63) is 6.92 Å². The van der Waals surface area contributed by atoms with Gasteiger partial charge in [-0.2, -0.15) is 0 Å². The first-order valence-corrected chi connectivity index (χ1v) is 4.18. The fraction of sp³-hybridized carbons (Fsp3) is 0.778. The van der Waals surface area contributed by atoms with Gasteiger partial charge in [0.1, 0.15) is 0 Å². The molecule has 0 aliphatic heterocycles. The van der Waals surface area contributed by atoms with Crippen LogP contribution in [0.5, 0.6) is 0 Å². The summed E-state index contributed by atoms with van der Waals surface area (Å²) in [5, 5.41) is 0. The van der Waals surface area contributed by atoms with Gasteiger partial charge >= 0.3 is 0 Å². The second-order valence-corrected chi connectivity index (χ2v) is 3.23. The average molecular weight is 156 g/mol. The maximum Gasteiger partial charge on any atom is 0.223 e. The summed E-state index contributed by atoms with van der Waals surface area (Å²) in [5.41, 5.74) is 0. The number of hydrogen-bond acceptors (Lipinski definition) is 1. The number of rotatable bonds is 4. The molecule has 0 aromatic heterocycles. The molecule has 2 heteroatoms. The summed E-state index contributed by atoms with van der Waals surface area (Å²) in [6, 6.07) is 0. The molecule has 0 bridgehead atoms. The van der Waals surface area contributed by atoms with Gasteiger partial charge in [-0.3, -0.25) is 4.79 Å². The Morgan fingerprint density at radius 2 is 2.09 bits per heavy atom. The first-order chi connectivity index (χ1) is 5.07. The molecule has 0 rings (SSSR count). The third-order valence-electron chi connectivity index (χ3n) is 1.43. The number of nitrogens with zero attached hydrogens (tertiary/aromatic N) is 1. The lowest BCUT2D eigenvalue weighted by atomic mass is 10.2. The van der Waals surface area contributed by atoms with Crippen LogP contribution >= 0.6 is 0 Å². The van der Waals surface area contributed by atoms with Crippen molar-refractivity contribution >= 4 is 5.91 Å². The molecule has 11 heavy (non-hydrogen) atoms. The van der Waals surface area contributed by atoms with Crippen molar-refractivity contribution in [1.82, 2.24) is 4.90 Å². The normalized spacial score (nSPS) is 10.3. The minimum atomic E-state index is -0.0550. The number of hydrogen-bond donors (Lipinski definition) is 0. The zero-order chi connectivity index (χ0) is 8.85. The average Bonchev–Trinajstić information content (AvgIpc) is 1.86. The van der Waals surface area contributed by atoms with Crippen LogP contribution in [0.15, 0.2) is 0 Å². The van der Waals surface area contributed by atoms with E-state index < -0.39 is 0 Å². The first-order valence-electron chi connectivity index (χ1n) is 4.18. The van der Waals surface area contributed by atoms with E-state index in [4.69, 9.17) is 0 Å². The molecule has 0 fully saturated rings. The molecule has 0 heterocycles. The lowest BCUT2D eigenvalue weighted by molar-refractivity contribution is -0.126. The Labute approximate surface area is 69.6 Å². The van der Waals surface area contributed by atoms with Crippen LogP contribution in [0.3, 0.4) is 0 Å². The van der Waals surface area contributed by atoms with Crippen molar-refractivity contribution in [3.63, 3.8) is 0 Å². The van der Waals surface area contributed by atoms with E-state index >= 15 is 0 Å². The van der Waals surface area contributed by atoms with E-state index in [1.807, 2.05) is 0 Å². The van der Waals surface area contributed by atoms with Crippen molar-refractivity contribution in [2.75, 3.05) is 13.1 Å². The fourth-order valence-corrected chi connectivity index (χ4v) is 1.03. The third-order valence-corrected chi connectivity index (χ3v) is 1.43. The highest BCUT2D eigenvalue weighted by molar-refractivity contribution is 5.80. The zero-order valence-electron chi connectivity index (χ0n) is 7.76. The van der Waals surface area contributed by atoms with E-state index in [0.717, 1.165) is 19.5 Å². The summed E-state index contributed by atoms with van der Waals surface area (Å²) in [5.74, 6) is 0.479. The maximum atomic E-state index is 10.9. The van der Waals surface area contributed by atoms with Crippen molar-refractivity contribution in [2.45, 2.75) is 27.2 Å². The first kappa shape index (κ1) is 10.5. The predicted molar refractivity (Wildman–Crippen MR) is 47.1 cm³/mol. The van der Waals surface area contributed by atoms with E-state index in [9.17, 15) is 4.79 Å². The van der Waals surface area contributed by atoms with Crippen LogP contribution in [-0.2, 0) is 4.79 Å². The van der Waals surface area contributed by atoms with Crippen molar-refractivity contribution < 1.29 is 4.79 Å². The van der Waals surface area contributed by atoms with E-state index in [0.29, 0.717) is 5.92 Å². The van der Waals surface area contributed by atoms with Gasteiger partial charge in [-0.25, -0.2) is 0 Å². The van der Waals surface area contributed by atoms with Crippen molar-refractivity contribution in [2.24, 2.45) is 5.92 Å². The quantitative estimate of drug-likeness (QED) is 0.607. The minimum Gasteiger partial charge on any atom is -0.342 e. The minimum absolute atomic E-state index is 0.0550. The standard InChI is InChI=1S/C9H18NO/c1-5-6-10(9(4)11)7-8(2)3/h8H,4-7H2,1-3H3. The Balaban J connectivity index is 3.79. The molecular weight excluding hydrogens is 138 g/mol. The maximum absolute atomic E-state index is 10.9. The van der Waals surface area contributed by atoms with Gasteiger partial charge in [0.05, 0.1) is 0 Å². The van der Waals surface area contributed by atoms with Gasteiger partial charge in [-0.15, -0.1) is 0 Å². The summed E-state index contributed by atoms with van der Waals surface area (Å²) in [6.45, 7) is 11.3. The number of carbonyl (C=O) groups is 1. The molecule has 0 aromatic carbocycles. The van der Waals surface area contributed by atoms with E-state index in [1.165, 1.54) is 0 Å². The number of amides is 1. The van der Waals surface area contributed by atoms with E-state index in [2.05, 4.69) is 27.7 Å². The Morgan fingerprint density at radius 3 is 2.36 bits per heavy atom. The second-order valence-electron chi connectivity index (χ2n) is 3.23. The molecule has 0 saturated carbocycles. The molecule has 0 unspecified atom stereocenters. The fourth-order valence-electron chi connectivity index (χ4n) is 1.03. The summed E-state index contributed by atoms with van der Waals surface area (Å²) in [4.78, 5) is 12.7. The lowest BCUT2D eigenvalue weighted by Gasteiger charge is -2.21. The lowest BCUT2D eigenvalue weighted by Crippen LogP contribution is -2.32. The Hall–Kier alpha value is -0.530. The van der Waals surface area contributed by atoms with Crippen LogP contribution in [-0.4, -0.2) is 23.9 Å². The van der Waals surface area contributed by atoms with Crippen LogP contribution < -0.4 is 0 Å². The van der Waals surface area contributed by atoms with Gasteiger partial charge in [0.25, 0.3) is 0 Å². The largest absolute Gasteiger partial charge is 0.342 e. The molecule has 0 N–H and O–H groups in total. The SMILES string of the molecule is [CH2]C(=O)N(CCC)CC(C)C. The predicted octanol–water partition coefficient (Wildman–Crippen LogP) is 1.72. The number of carbonyl (C=O) groups excluding carboxylic acids is 1. The van der Waals surface area contributed by atoms with Crippen LogP contribution in [0.1, 0.15) is 27.2 Å². The molecule has 0 saturated heterocycles. The molecular formula is C9H18NO. The molecule has 65 valence electrons. The highest BCUT2D eigenvalue weighted by Gasteiger charge is 2.08. The Morgan fingerprint density at radius 1 is 1.55 bits per heavy atom. The smallest absolute Gasteiger partial charge is 0.223 e. The van der Waals surface area contributed by atoms with Gasteiger partial charge in [0.2, 0.25) is 5.91 Å². The van der Waals surface area contributed by atoms with Crippen molar-refractivity contribution in [3.8, 4) is 0 Å². The Bertz CT molecular complexity index is 121. The second kappa shape index (κ2) is 5.16. The molecule has 1 amide bonds. The third kappa shape index (κ3) is 4.82. The monoisotopic (exact) mass is 156 g/mol. The van der Waals surface area contributed by atoms with Gasteiger partial charge < -0.3 is 4.90 Å². The summed E-state index contributed by atoms with van der Waals surface area (Å²) < 4.78 is 0. The van der Waals surface area contributed by atoms with Gasteiger partial charge in [-0.05, 0) is 12.3 Å². The van der Waals surface area contributed by atoms with Gasteiger partial charge in [0.15, 0.2) is 0 Å². The van der Waals surface area contributed by atoms with Crippen LogP contribution in [0.25, 0.3) is 0 Å². The molecule has 0 atom stereocenters. The van der Waals surface area contributed by atoms with Crippen LogP contribution in [0, 0.1) is 12.8 Å². The summed E-state index contributed by atoms with van der Waals surface area (Å²) >= 11 is 0. The molecule has 0 aromatic rings. The summed E-state index contributed by atoms with van der Waals surface area (Å²) in [6.07, 6.45) is 1.01. The van der Waals surface area contributed by atoms with Gasteiger partial charge in [0, 0.05) is 20.0 Å². The molecule has 1 radical (unpaired) electrons. The van der Waals surface area contributed by atoms with E-state index in [-0.39, 0.29) is 5.91 Å². The van der Waals surface area contributed by atoms with Crippen LogP contribution in [0.2, 0.25) is 0 Å². The van der Waals surface area contributed by atoms with E-state index in [1.54, 1.807) is 4.90 Å². The highest BCUT2D eigenvalue weighted by Crippen LogP contribution is 1.99. The van der Waals surface area contributed by atoms with Crippen LogP contribution in [0.4, 0.5) is 0 Å². The topological polar surface area (TPSA) is 20.3 Å². The molecule has 0 aliphatic carbocycles.